The number of hydrogen-bond donors (Lipinski definition) is 1. The highest BCUT2D eigenvalue weighted by Gasteiger charge is 2.24. The van der Waals surface area contributed by atoms with Crippen LogP contribution in [-0.2, 0) is 9.53 Å². The second-order valence-electron chi connectivity index (χ2n) is 6.22. The monoisotopic (exact) mass is 355 g/mol. The molecule has 128 valence electrons. The van der Waals surface area contributed by atoms with Crippen LogP contribution in [0.2, 0.25) is 5.02 Å². The number of carbonyl (C=O) groups is 1. The first-order valence-electron chi connectivity index (χ1n) is 8.36. The molecule has 25 heavy (non-hydrogen) atoms. The van der Waals surface area contributed by atoms with Crippen LogP contribution < -0.4 is 10.1 Å². The number of amides is 1. The Balaban J connectivity index is 1.49. The molecule has 0 bridgehead atoms. The molecule has 0 saturated carbocycles. The third-order valence-electron chi connectivity index (χ3n) is 4.42. The molecule has 1 fully saturated rings. The number of nitrogens with one attached hydrogen (secondary N) is 1. The highest BCUT2D eigenvalue weighted by molar-refractivity contribution is 6.36. The van der Waals surface area contributed by atoms with Crippen LogP contribution in [0.25, 0.3) is 11.6 Å². The van der Waals surface area contributed by atoms with E-state index in [9.17, 15) is 4.79 Å². The minimum absolute atomic E-state index is 0.115. The molecule has 2 aromatic rings. The second-order valence-corrected chi connectivity index (χ2v) is 6.65. The molecule has 2 aromatic carbocycles. The van der Waals surface area contributed by atoms with E-state index in [0.29, 0.717) is 17.2 Å². The van der Waals surface area contributed by atoms with Crippen LogP contribution in [-0.4, -0.2) is 25.2 Å². The molecule has 1 N–H and O–H groups in total. The Labute approximate surface area is 151 Å². The first kappa shape index (κ1) is 16.2. The summed E-state index contributed by atoms with van der Waals surface area (Å²) in [6.07, 6.45) is 4.24. The molecule has 4 nitrogen and oxygen atoms in total. The Morgan fingerprint density at radius 2 is 2.08 bits per heavy atom. The second kappa shape index (κ2) is 6.90. The lowest BCUT2D eigenvalue weighted by molar-refractivity contribution is -0.110. The van der Waals surface area contributed by atoms with Gasteiger partial charge in [-0.3, -0.25) is 4.79 Å². The Kier molecular flexibility index (Phi) is 4.47. The SMILES string of the molecule is O=C1Nc2cc(Cl)ccc2C1=Cc1ccc(OCC2CCCO2)cc1. The maximum absolute atomic E-state index is 12.2. The molecule has 2 aliphatic heterocycles. The molecular weight excluding hydrogens is 338 g/mol. The predicted molar refractivity (Wildman–Crippen MR) is 98.9 cm³/mol. The quantitative estimate of drug-likeness (QED) is 0.827. The summed E-state index contributed by atoms with van der Waals surface area (Å²) in [5, 5.41) is 3.45. The van der Waals surface area contributed by atoms with E-state index in [-0.39, 0.29) is 12.0 Å². The molecule has 1 amide bonds. The summed E-state index contributed by atoms with van der Waals surface area (Å²) in [6.45, 7) is 1.41. The van der Waals surface area contributed by atoms with Gasteiger partial charge in [0.15, 0.2) is 0 Å². The fraction of sp³-hybridized carbons (Fsp3) is 0.250. The van der Waals surface area contributed by atoms with Crippen LogP contribution in [0.15, 0.2) is 42.5 Å². The molecule has 4 rings (SSSR count). The molecule has 5 heteroatoms. The fourth-order valence-corrected chi connectivity index (χ4v) is 3.27. The van der Waals surface area contributed by atoms with Gasteiger partial charge in [-0.1, -0.05) is 29.8 Å². The highest BCUT2D eigenvalue weighted by atomic mass is 35.5. The number of hydrogen-bond acceptors (Lipinski definition) is 3. The molecule has 0 aromatic heterocycles. The highest BCUT2D eigenvalue weighted by Crippen LogP contribution is 2.35. The van der Waals surface area contributed by atoms with E-state index in [1.54, 1.807) is 12.1 Å². The number of benzene rings is 2. The topological polar surface area (TPSA) is 47.6 Å². The van der Waals surface area contributed by atoms with Gasteiger partial charge in [0.1, 0.15) is 12.4 Å². The van der Waals surface area contributed by atoms with Crippen molar-refractivity contribution in [3.8, 4) is 5.75 Å². The standard InChI is InChI=1S/C20H18ClNO3/c21-14-5-8-17-18(20(23)22-19(17)11-14)10-13-3-6-15(7-4-13)25-12-16-2-1-9-24-16/h3-8,10-11,16H,1-2,9,12H2,(H,22,23). The van der Waals surface area contributed by atoms with Crippen LogP contribution >= 0.6 is 11.6 Å². The lowest BCUT2D eigenvalue weighted by Gasteiger charge is -2.11. The number of carbonyl (C=O) groups excluding carboxylic acids is 1. The number of rotatable bonds is 4. The molecule has 2 heterocycles. The van der Waals surface area contributed by atoms with Crippen LogP contribution in [0.3, 0.4) is 0 Å². The largest absolute Gasteiger partial charge is 0.491 e. The fourth-order valence-electron chi connectivity index (χ4n) is 3.10. The minimum Gasteiger partial charge on any atom is -0.491 e. The van der Waals surface area contributed by atoms with Crippen molar-refractivity contribution in [1.29, 1.82) is 0 Å². The zero-order valence-corrected chi connectivity index (χ0v) is 14.4. The van der Waals surface area contributed by atoms with Gasteiger partial charge in [-0.05, 0) is 48.7 Å². The lowest BCUT2D eigenvalue weighted by atomic mass is 10.0. The van der Waals surface area contributed by atoms with E-state index in [1.165, 1.54) is 0 Å². The van der Waals surface area contributed by atoms with Crippen LogP contribution in [0, 0.1) is 0 Å². The summed E-state index contributed by atoms with van der Waals surface area (Å²) >= 11 is 5.98. The van der Waals surface area contributed by atoms with Crippen molar-refractivity contribution in [1.82, 2.24) is 0 Å². The van der Waals surface area contributed by atoms with Gasteiger partial charge >= 0.3 is 0 Å². The molecule has 0 radical (unpaired) electrons. The average molecular weight is 356 g/mol. The van der Waals surface area contributed by atoms with E-state index in [4.69, 9.17) is 21.1 Å². The Morgan fingerprint density at radius 1 is 1.24 bits per heavy atom. The van der Waals surface area contributed by atoms with E-state index < -0.39 is 0 Å². The summed E-state index contributed by atoms with van der Waals surface area (Å²) in [6, 6.07) is 13.1. The van der Waals surface area contributed by atoms with Crippen LogP contribution in [0.4, 0.5) is 5.69 Å². The minimum atomic E-state index is -0.115. The lowest BCUT2D eigenvalue weighted by Crippen LogP contribution is -2.16. The van der Waals surface area contributed by atoms with Crippen molar-refractivity contribution in [2.45, 2.75) is 18.9 Å². The number of anilines is 1. The van der Waals surface area contributed by atoms with E-state index >= 15 is 0 Å². The molecular formula is C20H18ClNO3. The van der Waals surface area contributed by atoms with Crippen molar-refractivity contribution >= 4 is 34.8 Å². The molecule has 1 unspecified atom stereocenters. The van der Waals surface area contributed by atoms with Crippen molar-refractivity contribution in [3.63, 3.8) is 0 Å². The van der Waals surface area contributed by atoms with Crippen molar-refractivity contribution in [2.24, 2.45) is 0 Å². The molecule has 1 saturated heterocycles. The maximum atomic E-state index is 12.2. The Bertz CT molecular complexity index is 823. The first-order chi connectivity index (χ1) is 12.2. The van der Waals surface area contributed by atoms with Gasteiger partial charge in [-0.25, -0.2) is 0 Å². The molecule has 0 spiro atoms. The number of fused-ring (bicyclic) bond motifs is 1. The van der Waals surface area contributed by atoms with Gasteiger partial charge in [-0.2, -0.15) is 0 Å². The van der Waals surface area contributed by atoms with E-state index in [2.05, 4.69) is 5.32 Å². The van der Waals surface area contributed by atoms with Gasteiger partial charge < -0.3 is 14.8 Å². The van der Waals surface area contributed by atoms with Crippen LogP contribution in [0.5, 0.6) is 5.75 Å². The van der Waals surface area contributed by atoms with Crippen molar-refractivity contribution in [3.05, 3.63) is 58.6 Å². The smallest absolute Gasteiger partial charge is 0.256 e. The van der Waals surface area contributed by atoms with Gasteiger partial charge in [0.25, 0.3) is 5.91 Å². The van der Waals surface area contributed by atoms with Crippen molar-refractivity contribution in [2.75, 3.05) is 18.5 Å². The number of halogens is 1. The third kappa shape index (κ3) is 3.55. The summed E-state index contributed by atoms with van der Waals surface area (Å²) in [7, 11) is 0. The Hall–Kier alpha value is -2.30. The molecule has 0 aliphatic carbocycles. The normalized spacial score (nSPS) is 20.6. The van der Waals surface area contributed by atoms with Crippen molar-refractivity contribution < 1.29 is 14.3 Å². The molecule has 2 aliphatic rings. The summed E-state index contributed by atoms with van der Waals surface area (Å²) < 4.78 is 11.3. The first-order valence-corrected chi connectivity index (χ1v) is 8.74. The van der Waals surface area contributed by atoms with Gasteiger partial charge in [0, 0.05) is 22.8 Å². The summed E-state index contributed by atoms with van der Waals surface area (Å²) in [5.74, 6) is 0.691. The third-order valence-corrected chi connectivity index (χ3v) is 4.65. The van der Waals surface area contributed by atoms with Crippen LogP contribution in [0.1, 0.15) is 24.0 Å². The average Bonchev–Trinajstić information content (AvgIpc) is 3.22. The maximum Gasteiger partial charge on any atom is 0.256 e. The van der Waals surface area contributed by atoms with E-state index in [1.807, 2.05) is 36.4 Å². The zero-order chi connectivity index (χ0) is 17.2. The van der Waals surface area contributed by atoms with Gasteiger partial charge in [-0.15, -0.1) is 0 Å². The molecule has 1 atom stereocenters. The van der Waals surface area contributed by atoms with Gasteiger partial charge in [0.05, 0.1) is 11.8 Å². The predicted octanol–water partition coefficient (Wildman–Crippen LogP) is 4.39. The summed E-state index contributed by atoms with van der Waals surface area (Å²) in [4.78, 5) is 12.2. The Morgan fingerprint density at radius 3 is 2.84 bits per heavy atom. The summed E-state index contributed by atoms with van der Waals surface area (Å²) in [5.41, 5.74) is 3.20. The number of ether oxygens (including phenoxy) is 2. The zero-order valence-electron chi connectivity index (χ0n) is 13.6. The van der Waals surface area contributed by atoms with E-state index in [0.717, 1.165) is 42.0 Å². The van der Waals surface area contributed by atoms with Gasteiger partial charge in [0.2, 0.25) is 0 Å².